The van der Waals surface area contributed by atoms with Gasteiger partial charge in [-0.2, -0.15) is 0 Å². The van der Waals surface area contributed by atoms with E-state index in [0.717, 1.165) is 31.2 Å². The van der Waals surface area contributed by atoms with Crippen molar-refractivity contribution in [2.24, 2.45) is 0 Å². The molecule has 0 aliphatic rings. The van der Waals surface area contributed by atoms with Crippen molar-refractivity contribution in [3.05, 3.63) is 52.1 Å². The predicted octanol–water partition coefficient (Wildman–Crippen LogP) is 4.03. The molecule has 28 heavy (non-hydrogen) atoms. The summed E-state index contributed by atoms with van der Waals surface area (Å²) in [5, 5.41) is 3.31. The van der Waals surface area contributed by atoms with Crippen molar-refractivity contribution >= 4 is 42.6 Å². The maximum absolute atomic E-state index is 12.8. The second-order valence-electron chi connectivity index (χ2n) is 7.05. The number of rotatable bonds is 4. The van der Waals surface area contributed by atoms with E-state index in [0.29, 0.717) is 10.7 Å². The van der Waals surface area contributed by atoms with Gasteiger partial charge in [0.25, 0.3) is 5.91 Å². The summed E-state index contributed by atoms with van der Waals surface area (Å²) >= 11 is 1.41. The summed E-state index contributed by atoms with van der Waals surface area (Å²) in [6.07, 6.45) is 0. The monoisotopic (exact) mass is 417 g/mol. The Morgan fingerprint density at radius 1 is 1.04 bits per heavy atom. The van der Waals surface area contributed by atoms with Gasteiger partial charge in [-0.25, -0.2) is 17.7 Å². The first-order valence-corrected chi connectivity index (χ1v) is 11.0. The lowest BCUT2D eigenvalue weighted by Gasteiger charge is -2.16. The van der Waals surface area contributed by atoms with Crippen LogP contribution in [0, 0.1) is 27.7 Å². The Kier molecular flexibility index (Phi) is 5.31. The Morgan fingerprint density at radius 3 is 2.29 bits per heavy atom. The van der Waals surface area contributed by atoms with Gasteiger partial charge in [-0.1, -0.05) is 23.5 Å². The zero-order valence-corrected chi connectivity index (χ0v) is 18.4. The zero-order valence-electron chi connectivity index (χ0n) is 16.7. The number of carbonyl (C=O) groups is 1. The Bertz CT molecular complexity index is 1160. The third-order valence-electron chi connectivity index (χ3n) is 4.80. The van der Waals surface area contributed by atoms with E-state index in [1.807, 2.05) is 26.0 Å². The Morgan fingerprint density at radius 2 is 1.68 bits per heavy atom. The first kappa shape index (κ1) is 20.4. The summed E-state index contributed by atoms with van der Waals surface area (Å²) < 4.78 is 27.4. The molecule has 3 rings (SSSR count). The lowest BCUT2D eigenvalue weighted by molar-refractivity contribution is 0.102. The summed E-state index contributed by atoms with van der Waals surface area (Å²) in [6, 6.07) is 7.16. The standard InChI is InChI=1S/C20H23N3O3S2/c1-11-7-8-12(2)18-17(11)21-20(27-18)22-19(24)15-9-13(3)14(4)16(10-15)28(25,26)23(5)6/h7-10H,1-6H3,(H,21,22,24). The van der Waals surface area contributed by atoms with Crippen LogP contribution in [0.5, 0.6) is 0 Å². The smallest absolute Gasteiger partial charge is 0.257 e. The van der Waals surface area contributed by atoms with E-state index in [4.69, 9.17) is 0 Å². The molecule has 1 heterocycles. The lowest BCUT2D eigenvalue weighted by atomic mass is 10.1. The van der Waals surface area contributed by atoms with Crippen molar-refractivity contribution < 1.29 is 13.2 Å². The largest absolute Gasteiger partial charge is 0.298 e. The van der Waals surface area contributed by atoms with Crippen LogP contribution in [-0.2, 0) is 10.0 Å². The maximum atomic E-state index is 12.8. The van der Waals surface area contributed by atoms with E-state index >= 15 is 0 Å². The molecule has 0 saturated heterocycles. The van der Waals surface area contributed by atoms with Gasteiger partial charge in [-0.05, 0) is 62.1 Å². The van der Waals surface area contributed by atoms with Crippen molar-refractivity contribution in [2.75, 3.05) is 19.4 Å². The number of sulfonamides is 1. The van der Waals surface area contributed by atoms with E-state index < -0.39 is 10.0 Å². The molecule has 0 spiro atoms. The summed E-state index contributed by atoms with van der Waals surface area (Å²) in [4.78, 5) is 17.5. The quantitative estimate of drug-likeness (QED) is 0.695. The average molecular weight is 418 g/mol. The number of nitrogens with one attached hydrogen (secondary N) is 1. The predicted molar refractivity (Wildman–Crippen MR) is 114 cm³/mol. The second-order valence-corrected chi connectivity index (χ2v) is 10.2. The van der Waals surface area contributed by atoms with Crippen molar-refractivity contribution in [3.8, 4) is 0 Å². The molecule has 8 heteroatoms. The number of benzene rings is 2. The minimum atomic E-state index is -3.65. The molecule has 6 nitrogen and oxygen atoms in total. The fourth-order valence-corrected chi connectivity index (χ4v) is 5.13. The zero-order chi connectivity index (χ0) is 20.8. The molecule has 0 unspecified atom stereocenters. The number of hydrogen-bond acceptors (Lipinski definition) is 5. The molecule has 1 amide bonds. The van der Waals surface area contributed by atoms with Crippen LogP contribution in [0.15, 0.2) is 29.2 Å². The number of fused-ring (bicyclic) bond motifs is 1. The van der Waals surface area contributed by atoms with Crippen LogP contribution in [-0.4, -0.2) is 37.7 Å². The first-order valence-electron chi connectivity index (χ1n) is 8.74. The van der Waals surface area contributed by atoms with Crippen molar-refractivity contribution in [1.82, 2.24) is 9.29 Å². The number of aromatic nitrogens is 1. The number of aryl methyl sites for hydroxylation is 3. The van der Waals surface area contributed by atoms with Crippen LogP contribution < -0.4 is 5.32 Å². The summed E-state index contributed by atoms with van der Waals surface area (Å²) in [7, 11) is -0.701. The van der Waals surface area contributed by atoms with E-state index in [1.54, 1.807) is 19.9 Å². The van der Waals surface area contributed by atoms with Gasteiger partial charge < -0.3 is 0 Å². The number of anilines is 1. The van der Waals surface area contributed by atoms with E-state index in [2.05, 4.69) is 10.3 Å². The van der Waals surface area contributed by atoms with Gasteiger partial charge in [0.1, 0.15) is 0 Å². The van der Waals surface area contributed by atoms with Crippen LogP contribution in [0.2, 0.25) is 0 Å². The number of carbonyl (C=O) groups excluding carboxylic acids is 1. The molecule has 0 atom stereocenters. The van der Waals surface area contributed by atoms with Crippen molar-refractivity contribution in [3.63, 3.8) is 0 Å². The van der Waals surface area contributed by atoms with Gasteiger partial charge in [0.15, 0.2) is 5.13 Å². The Labute approximate surface area is 169 Å². The van der Waals surface area contributed by atoms with Crippen LogP contribution in [0.25, 0.3) is 10.2 Å². The topological polar surface area (TPSA) is 79.4 Å². The number of amides is 1. The van der Waals surface area contributed by atoms with Crippen molar-refractivity contribution in [2.45, 2.75) is 32.6 Å². The maximum Gasteiger partial charge on any atom is 0.257 e. The van der Waals surface area contributed by atoms with Crippen LogP contribution in [0.3, 0.4) is 0 Å². The van der Waals surface area contributed by atoms with Gasteiger partial charge in [0, 0.05) is 19.7 Å². The number of thiazole rings is 1. The van der Waals surface area contributed by atoms with Gasteiger partial charge in [0.2, 0.25) is 10.0 Å². The van der Waals surface area contributed by atoms with Gasteiger partial charge in [-0.3, -0.25) is 10.1 Å². The second kappa shape index (κ2) is 7.27. The van der Waals surface area contributed by atoms with Gasteiger partial charge in [-0.15, -0.1) is 0 Å². The molecule has 0 fully saturated rings. The SMILES string of the molecule is Cc1cc(C(=O)Nc2nc3c(C)ccc(C)c3s2)cc(S(=O)(=O)N(C)C)c1C. The summed E-state index contributed by atoms with van der Waals surface area (Å²) in [5.41, 5.74) is 4.68. The van der Waals surface area contributed by atoms with E-state index in [-0.39, 0.29) is 16.4 Å². The third-order valence-corrected chi connectivity index (χ3v) is 7.85. The molecule has 0 aliphatic carbocycles. The highest BCUT2D eigenvalue weighted by Gasteiger charge is 2.23. The highest BCUT2D eigenvalue weighted by molar-refractivity contribution is 7.89. The molecular weight excluding hydrogens is 394 g/mol. The minimum absolute atomic E-state index is 0.138. The Balaban J connectivity index is 2.01. The van der Waals surface area contributed by atoms with E-state index in [9.17, 15) is 13.2 Å². The Hall–Kier alpha value is -2.29. The van der Waals surface area contributed by atoms with Gasteiger partial charge >= 0.3 is 0 Å². The van der Waals surface area contributed by atoms with Crippen LogP contribution in [0.1, 0.15) is 32.6 Å². The number of nitrogens with zero attached hydrogens (tertiary/aromatic N) is 2. The molecule has 0 radical (unpaired) electrons. The minimum Gasteiger partial charge on any atom is -0.298 e. The fourth-order valence-electron chi connectivity index (χ4n) is 2.90. The van der Waals surface area contributed by atoms with Crippen molar-refractivity contribution in [1.29, 1.82) is 0 Å². The summed E-state index contributed by atoms with van der Waals surface area (Å²) in [6.45, 7) is 7.53. The molecule has 3 aromatic rings. The van der Waals surface area contributed by atoms with Gasteiger partial charge in [0.05, 0.1) is 15.1 Å². The normalized spacial score (nSPS) is 12.0. The van der Waals surface area contributed by atoms with Crippen LogP contribution in [0.4, 0.5) is 5.13 Å². The average Bonchev–Trinajstić information content (AvgIpc) is 3.05. The van der Waals surface area contributed by atoms with E-state index in [1.165, 1.54) is 31.5 Å². The molecule has 1 aromatic heterocycles. The first-order chi connectivity index (χ1) is 13.0. The lowest BCUT2D eigenvalue weighted by Crippen LogP contribution is -2.24. The molecule has 148 valence electrons. The highest BCUT2D eigenvalue weighted by atomic mass is 32.2. The third kappa shape index (κ3) is 3.55. The highest BCUT2D eigenvalue weighted by Crippen LogP contribution is 2.31. The number of hydrogen-bond donors (Lipinski definition) is 1. The summed E-state index contributed by atoms with van der Waals surface area (Å²) in [5.74, 6) is -0.382. The molecule has 0 saturated carbocycles. The molecule has 2 aromatic carbocycles. The molecule has 0 bridgehead atoms. The fraction of sp³-hybridized carbons (Fsp3) is 0.300. The molecule has 0 aliphatic heterocycles. The molecule has 1 N–H and O–H groups in total. The molecular formula is C20H23N3O3S2. The van der Waals surface area contributed by atoms with Crippen LogP contribution >= 0.6 is 11.3 Å².